The molecule has 2 heterocycles. The van der Waals surface area contributed by atoms with Gasteiger partial charge >= 0.3 is 0 Å². The number of nitrogens with zero attached hydrogens (tertiary/aromatic N) is 3. The van der Waals surface area contributed by atoms with Gasteiger partial charge in [0.2, 0.25) is 0 Å². The smallest absolute Gasteiger partial charge is 0.272 e. The highest BCUT2D eigenvalue weighted by molar-refractivity contribution is 6.46. The number of carbonyl (C=O) groups is 1. The van der Waals surface area contributed by atoms with Gasteiger partial charge in [0.15, 0.2) is 0 Å². The van der Waals surface area contributed by atoms with Gasteiger partial charge in [-0.05, 0) is 41.5 Å². The summed E-state index contributed by atoms with van der Waals surface area (Å²) in [7, 11) is 0. The molecule has 1 amide bonds. The molecule has 0 spiro atoms. The van der Waals surface area contributed by atoms with Crippen LogP contribution in [0.4, 0.5) is 5.69 Å². The third kappa shape index (κ3) is 3.99. The van der Waals surface area contributed by atoms with E-state index < -0.39 is 0 Å². The molecule has 0 aliphatic carbocycles. The van der Waals surface area contributed by atoms with Crippen LogP contribution in [0.5, 0.6) is 0 Å². The minimum atomic E-state index is -0.0825. The van der Waals surface area contributed by atoms with Crippen molar-refractivity contribution in [1.82, 2.24) is 4.90 Å². The van der Waals surface area contributed by atoms with Crippen LogP contribution in [-0.4, -0.2) is 36.2 Å². The van der Waals surface area contributed by atoms with Gasteiger partial charge in [0, 0.05) is 35.2 Å². The first-order chi connectivity index (χ1) is 15.5. The van der Waals surface area contributed by atoms with Gasteiger partial charge in [-0.1, -0.05) is 71.2 Å². The minimum absolute atomic E-state index is 0.0317. The van der Waals surface area contributed by atoms with Crippen LogP contribution in [-0.2, 0) is 11.3 Å². The average molecular weight is 485 g/mol. The summed E-state index contributed by atoms with van der Waals surface area (Å²) < 4.78 is 0. The molecule has 0 N–H and O–H groups in total. The maximum Gasteiger partial charge on any atom is 0.272 e. The lowest BCUT2D eigenvalue weighted by Crippen LogP contribution is -2.52. The van der Waals surface area contributed by atoms with Crippen molar-refractivity contribution in [3.05, 3.63) is 98.5 Å². The van der Waals surface area contributed by atoms with Gasteiger partial charge in [-0.2, -0.15) is 0 Å². The lowest BCUT2D eigenvalue weighted by molar-refractivity contribution is -0.124. The molecule has 5 rings (SSSR count). The molecule has 0 radical (unpaired) electrons. The first-order valence-corrected chi connectivity index (χ1v) is 11.5. The predicted molar refractivity (Wildman–Crippen MR) is 131 cm³/mol. The van der Waals surface area contributed by atoms with Crippen molar-refractivity contribution in [2.24, 2.45) is 4.99 Å². The van der Waals surface area contributed by atoms with Crippen molar-refractivity contribution >= 4 is 52.1 Å². The molecule has 162 valence electrons. The normalized spacial score (nSPS) is 17.8. The second kappa shape index (κ2) is 8.78. The molecule has 1 saturated heterocycles. The maximum atomic E-state index is 13.5. The van der Waals surface area contributed by atoms with Gasteiger partial charge in [-0.25, -0.2) is 0 Å². The molecule has 0 bridgehead atoms. The van der Waals surface area contributed by atoms with E-state index in [4.69, 9.17) is 34.8 Å². The van der Waals surface area contributed by atoms with Crippen molar-refractivity contribution < 1.29 is 4.79 Å². The molecule has 1 fully saturated rings. The van der Waals surface area contributed by atoms with E-state index in [0.717, 1.165) is 22.4 Å². The zero-order chi connectivity index (χ0) is 22.2. The summed E-state index contributed by atoms with van der Waals surface area (Å²) in [6.45, 7) is 2.27. The molecule has 2 aliphatic heterocycles. The highest BCUT2D eigenvalue weighted by atomic mass is 35.5. The zero-order valence-electron chi connectivity index (χ0n) is 17.1. The number of halogens is 3. The van der Waals surface area contributed by atoms with Crippen LogP contribution in [0.1, 0.15) is 22.7 Å². The highest BCUT2D eigenvalue weighted by Gasteiger charge is 2.34. The van der Waals surface area contributed by atoms with Crippen LogP contribution in [0, 0.1) is 0 Å². The lowest BCUT2D eigenvalue weighted by Gasteiger charge is -2.43. The first kappa shape index (κ1) is 21.3. The molecular formula is C25H20Cl3N3O. The number of hydrogen-bond donors (Lipinski definition) is 0. The van der Waals surface area contributed by atoms with E-state index in [2.05, 4.69) is 9.89 Å². The Balaban J connectivity index is 1.47. The summed E-state index contributed by atoms with van der Waals surface area (Å²) in [6.07, 6.45) is 0. The second-order valence-electron chi connectivity index (χ2n) is 7.93. The van der Waals surface area contributed by atoms with Gasteiger partial charge in [0.05, 0.1) is 23.3 Å². The summed E-state index contributed by atoms with van der Waals surface area (Å²) >= 11 is 18.8. The molecular weight excluding hydrogens is 465 g/mol. The van der Waals surface area contributed by atoms with Crippen LogP contribution in [0.25, 0.3) is 0 Å². The molecule has 1 unspecified atom stereocenters. The molecule has 1 atom stereocenters. The summed E-state index contributed by atoms with van der Waals surface area (Å²) in [5.74, 6) is -0.0317. The van der Waals surface area contributed by atoms with Crippen molar-refractivity contribution in [3.63, 3.8) is 0 Å². The van der Waals surface area contributed by atoms with Gasteiger partial charge in [0.1, 0.15) is 5.71 Å². The van der Waals surface area contributed by atoms with E-state index in [1.807, 2.05) is 65.6 Å². The Morgan fingerprint density at radius 3 is 2.44 bits per heavy atom. The summed E-state index contributed by atoms with van der Waals surface area (Å²) in [6, 6.07) is 21.1. The fraction of sp³-hybridized carbons (Fsp3) is 0.200. The number of hydrogen-bond acceptors (Lipinski definition) is 3. The highest BCUT2D eigenvalue weighted by Crippen LogP contribution is 2.37. The number of anilines is 1. The van der Waals surface area contributed by atoms with Gasteiger partial charge in [-0.15, -0.1) is 0 Å². The number of fused-ring (bicyclic) bond motifs is 1. The Morgan fingerprint density at radius 2 is 1.66 bits per heavy atom. The molecule has 4 nitrogen and oxygen atoms in total. The fourth-order valence-corrected chi connectivity index (χ4v) is 5.05. The zero-order valence-corrected chi connectivity index (χ0v) is 19.4. The van der Waals surface area contributed by atoms with Crippen molar-refractivity contribution in [2.45, 2.75) is 12.6 Å². The van der Waals surface area contributed by atoms with E-state index in [-0.39, 0.29) is 11.9 Å². The van der Waals surface area contributed by atoms with Crippen LogP contribution in [0.2, 0.25) is 15.1 Å². The third-order valence-corrected chi connectivity index (χ3v) is 6.81. The fourth-order valence-electron chi connectivity index (χ4n) is 4.41. The maximum absolute atomic E-state index is 13.5. The summed E-state index contributed by atoms with van der Waals surface area (Å²) in [5.41, 5.74) is 4.53. The Bertz CT molecular complexity index is 1210. The van der Waals surface area contributed by atoms with Crippen molar-refractivity contribution in [1.29, 1.82) is 0 Å². The number of aliphatic imine (C=N–C) groups is 1. The largest absolute Gasteiger partial charge is 0.360 e. The standard InChI is InChI=1S/C25H20Cl3N3O/c26-18-7-5-16(6-8-18)23-15-30(11-12-31(23)22-10-9-19(27)13-21(22)28)25(32)24-20-4-2-1-3-17(20)14-29-24/h1-10,13,23H,11-12,14-15H2. The Labute approximate surface area is 202 Å². The average Bonchev–Trinajstić information content (AvgIpc) is 3.23. The third-order valence-electron chi connectivity index (χ3n) is 6.02. The molecule has 3 aromatic rings. The monoisotopic (exact) mass is 483 g/mol. The summed E-state index contributed by atoms with van der Waals surface area (Å²) in [4.78, 5) is 22.1. The van der Waals surface area contributed by atoms with Crippen LogP contribution in [0.3, 0.4) is 0 Å². The Morgan fingerprint density at radius 1 is 0.906 bits per heavy atom. The number of carbonyl (C=O) groups excluding carboxylic acids is 1. The quantitative estimate of drug-likeness (QED) is 0.454. The number of rotatable bonds is 3. The molecule has 2 aliphatic rings. The molecule has 32 heavy (non-hydrogen) atoms. The minimum Gasteiger partial charge on any atom is -0.360 e. The molecule has 7 heteroatoms. The Hall–Kier alpha value is -2.53. The van der Waals surface area contributed by atoms with Crippen LogP contribution >= 0.6 is 34.8 Å². The van der Waals surface area contributed by atoms with E-state index in [9.17, 15) is 4.79 Å². The van der Waals surface area contributed by atoms with Gasteiger partial charge in [-0.3, -0.25) is 9.79 Å². The van der Waals surface area contributed by atoms with E-state index in [1.165, 1.54) is 0 Å². The topological polar surface area (TPSA) is 35.9 Å². The number of piperazine rings is 1. The molecule has 3 aromatic carbocycles. The van der Waals surface area contributed by atoms with Crippen molar-refractivity contribution in [3.8, 4) is 0 Å². The predicted octanol–water partition coefficient (Wildman–Crippen LogP) is 6.04. The second-order valence-corrected chi connectivity index (χ2v) is 9.21. The Kier molecular flexibility index (Phi) is 5.85. The van der Waals surface area contributed by atoms with Gasteiger partial charge < -0.3 is 9.80 Å². The van der Waals surface area contributed by atoms with Crippen LogP contribution < -0.4 is 4.90 Å². The van der Waals surface area contributed by atoms with Crippen molar-refractivity contribution in [2.75, 3.05) is 24.5 Å². The molecule has 0 aromatic heterocycles. The van der Waals surface area contributed by atoms with E-state index in [1.54, 1.807) is 6.07 Å². The number of benzene rings is 3. The van der Waals surface area contributed by atoms with Crippen LogP contribution in [0.15, 0.2) is 71.7 Å². The first-order valence-electron chi connectivity index (χ1n) is 10.4. The van der Waals surface area contributed by atoms with Gasteiger partial charge in [0.25, 0.3) is 5.91 Å². The van der Waals surface area contributed by atoms with E-state index in [0.29, 0.717) is 47.0 Å². The molecule has 0 saturated carbocycles. The lowest BCUT2D eigenvalue weighted by atomic mass is 10.00. The number of amides is 1. The summed E-state index contributed by atoms with van der Waals surface area (Å²) in [5, 5.41) is 1.85. The SMILES string of the molecule is O=C(C1=NCc2ccccc21)N1CCN(c2ccc(Cl)cc2Cl)C(c2ccc(Cl)cc2)C1. The van der Waals surface area contributed by atoms with E-state index >= 15 is 0 Å².